The van der Waals surface area contributed by atoms with Gasteiger partial charge in [-0.05, 0) is 36.1 Å². The standard InChI is InChI=1S/C20H29N5/c1-21-20(23-11-16-24-12-4-5-13-24)22-10-6-14-25-15-9-18-7-2-3-8-19(18)17-25/h2-5,7-8,12-13H,6,9-11,14-17H2,1H3,(H2,21,22,23). The van der Waals surface area contributed by atoms with Crippen LogP contribution in [0.1, 0.15) is 17.5 Å². The first-order valence-corrected chi connectivity index (χ1v) is 9.19. The van der Waals surface area contributed by atoms with Crippen molar-refractivity contribution in [1.82, 2.24) is 20.1 Å². The molecule has 0 radical (unpaired) electrons. The van der Waals surface area contributed by atoms with E-state index in [0.29, 0.717) is 0 Å². The summed E-state index contributed by atoms with van der Waals surface area (Å²) in [6.45, 7) is 6.14. The molecule has 0 amide bonds. The molecule has 0 unspecified atom stereocenters. The van der Waals surface area contributed by atoms with E-state index in [0.717, 1.165) is 45.1 Å². The van der Waals surface area contributed by atoms with Gasteiger partial charge in [0.1, 0.15) is 0 Å². The van der Waals surface area contributed by atoms with E-state index in [4.69, 9.17) is 0 Å². The fourth-order valence-corrected chi connectivity index (χ4v) is 3.30. The predicted octanol–water partition coefficient (Wildman–Crippen LogP) is 2.10. The number of benzene rings is 1. The van der Waals surface area contributed by atoms with Crippen molar-refractivity contribution in [1.29, 1.82) is 0 Å². The van der Waals surface area contributed by atoms with Gasteiger partial charge in [0.15, 0.2) is 5.96 Å². The van der Waals surface area contributed by atoms with Crippen LogP contribution in [0.4, 0.5) is 0 Å². The molecule has 0 atom stereocenters. The van der Waals surface area contributed by atoms with Gasteiger partial charge in [0, 0.05) is 58.7 Å². The highest BCUT2D eigenvalue weighted by atomic mass is 15.2. The molecule has 0 saturated carbocycles. The minimum atomic E-state index is 0.872. The van der Waals surface area contributed by atoms with Gasteiger partial charge >= 0.3 is 0 Å². The summed E-state index contributed by atoms with van der Waals surface area (Å²) in [7, 11) is 1.83. The number of aliphatic imine (C=N–C) groups is 1. The van der Waals surface area contributed by atoms with Gasteiger partial charge in [-0.3, -0.25) is 9.89 Å². The van der Waals surface area contributed by atoms with Gasteiger partial charge in [0.05, 0.1) is 0 Å². The molecule has 1 aliphatic heterocycles. The zero-order chi connectivity index (χ0) is 17.3. The third-order valence-electron chi connectivity index (χ3n) is 4.71. The molecule has 134 valence electrons. The summed E-state index contributed by atoms with van der Waals surface area (Å²) in [6.07, 6.45) is 6.45. The first-order valence-electron chi connectivity index (χ1n) is 9.19. The van der Waals surface area contributed by atoms with Crippen LogP contribution in [-0.2, 0) is 19.5 Å². The molecule has 0 spiro atoms. The van der Waals surface area contributed by atoms with Crippen LogP contribution in [0.25, 0.3) is 0 Å². The summed E-state index contributed by atoms with van der Waals surface area (Å²) >= 11 is 0. The molecule has 0 bridgehead atoms. The number of aromatic nitrogens is 1. The molecule has 0 saturated heterocycles. The van der Waals surface area contributed by atoms with Crippen LogP contribution in [0.15, 0.2) is 53.8 Å². The Kier molecular flexibility index (Phi) is 6.51. The van der Waals surface area contributed by atoms with E-state index in [1.807, 2.05) is 19.2 Å². The molecular formula is C20H29N5. The molecule has 25 heavy (non-hydrogen) atoms. The van der Waals surface area contributed by atoms with Crippen molar-refractivity contribution in [3.63, 3.8) is 0 Å². The van der Waals surface area contributed by atoms with Crippen molar-refractivity contribution < 1.29 is 0 Å². The van der Waals surface area contributed by atoms with E-state index in [-0.39, 0.29) is 0 Å². The van der Waals surface area contributed by atoms with Crippen LogP contribution in [-0.4, -0.2) is 48.7 Å². The van der Waals surface area contributed by atoms with Gasteiger partial charge in [-0.2, -0.15) is 0 Å². The largest absolute Gasteiger partial charge is 0.356 e. The number of nitrogens with one attached hydrogen (secondary N) is 2. The van der Waals surface area contributed by atoms with Crippen molar-refractivity contribution in [2.75, 3.05) is 33.2 Å². The number of hydrogen-bond donors (Lipinski definition) is 2. The molecule has 5 nitrogen and oxygen atoms in total. The molecule has 1 aromatic carbocycles. The summed E-state index contributed by atoms with van der Waals surface area (Å²) in [6, 6.07) is 12.9. The normalized spacial score (nSPS) is 15.0. The first-order chi connectivity index (χ1) is 12.3. The molecule has 2 aromatic rings. The summed E-state index contributed by atoms with van der Waals surface area (Å²) in [5, 5.41) is 6.77. The summed E-state index contributed by atoms with van der Waals surface area (Å²) in [4.78, 5) is 6.84. The average Bonchev–Trinajstić information content (AvgIpc) is 3.17. The minimum Gasteiger partial charge on any atom is -0.356 e. The van der Waals surface area contributed by atoms with E-state index in [9.17, 15) is 0 Å². The summed E-state index contributed by atoms with van der Waals surface area (Å²) < 4.78 is 2.16. The fraction of sp³-hybridized carbons (Fsp3) is 0.450. The van der Waals surface area contributed by atoms with Crippen LogP contribution >= 0.6 is 0 Å². The Morgan fingerprint density at radius 2 is 1.76 bits per heavy atom. The van der Waals surface area contributed by atoms with E-state index in [2.05, 4.69) is 61.8 Å². The summed E-state index contributed by atoms with van der Waals surface area (Å²) in [5.74, 6) is 0.885. The lowest BCUT2D eigenvalue weighted by molar-refractivity contribution is 0.251. The van der Waals surface area contributed by atoms with Gasteiger partial charge < -0.3 is 15.2 Å². The van der Waals surface area contributed by atoms with Gasteiger partial charge in [-0.15, -0.1) is 0 Å². The lowest BCUT2D eigenvalue weighted by Gasteiger charge is -2.28. The topological polar surface area (TPSA) is 44.6 Å². The Bertz CT molecular complexity index is 662. The number of fused-ring (bicyclic) bond motifs is 1. The third-order valence-corrected chi connectivity index (χ3v) is 4.71. The van der Waals surface area contributed by atoms with Gasteiger partial charge in [0.2, 0.25) is 0 Å². The van der Waals surface area contributed by atoms with Crippen LogP contribution in [0.3, 0.4) is 0 Å². The second-order valence-corrected chi connectivity index (χ2v) is 6.50. The highest BCUT2D eigenvalue weighted by molar-refractivity contribution is 5.79. The Morgan fingerprint density at radius 1 is 1.00 bits per heavy atom. The molecule has 3 rings (SSSR count). The van der Waals surface area contributed by atoms with E-state index >= 15 is 0 Å². The first kappa shape index (κ1) is 17.5. The quantitative estimate of drug-likeness (QED) is 0.461. The monoisotopic (exact) mass is 339 g/mol. The Labute approximate surface area is 150 Å². The van der Waals surface area contributed by atoms with Crippen LogP contribution in [0.5, 0.6) is 0 Å². The van der Waals surface area contributed by atoms with Crippen molar-refractivity contribution >= 4 is 5.96 Å². The van der Waals surface area contributed by atoms with E-state index in [1.165, 1.54) is 24.1 Å². The molecule has 5 heteroatoms. The fourth-order valence-electron chi connectivity index (χ4n) is 3.30. The van der Waals surface area contributed by atoms with Crippen LogP contribution in [0.2, 0.25) is 0 Å². The molecule has 1 aliphatic rings. The van der Waals surface area contributed by atoms with Gasteiger partial charge in [0.25, 0.3) is 0 Å². The molecular weight excluding hydrogens is 310 g/mol. The second-order valence-electron chi connectivity index (χ2n) is 6.50. The number of nitrogens with zero attached hydrogens (tertiary/aromatic N) is 3. The molecule has 0 fully saturated rings. The van der Waals surface area contributed by atoms with Gasteiger partial charge in [-0.25, -0.2) is 0 Å². The average molecular weight is 339 g/mol. The lowest BCUT2D eigenvalue weighted by Crippen LogP contribution is -2.40. The highest BCUT2D eigenvalue weighted by Crippen LogP contribution is 2.18. The van der Waals surface area contributed by atoms with Crippen molar-refractivity contribution in [2.45, 2.75) is 25.9 Å². The van der Waals surface area contributed by atoms with Gasteiger partial charge in [-0.1, -0.05) is 24.3 Å². The molecule has 2 heterocycles. The number of guanidine groups is 1. The number of rotatable bonds is 7. The second kappa shape index (κ2) is 9.28. The van der Waals surface area contributed by atoms with Crippen molar-refractivity contribution in [3.8, 4) is 0 Å². The Hall–Kier alpha value is -2.27. The zero-order valence-corrected chi connectivity index (χ0v) is 15.1. The highest BCUT2D eigenvalue weighted by Gasteiger charge is 2.14. The summed E-state index contributed by atoms with van der Waals surface area (Å²) in [5.41, 5.74) is 3.01. The maximum atomic E-state index is 4.29. The number of hydrogen-bond acceptors (Lipinski definition) is 2. The molecule has 0 aliphatic carbocycles. The van der Waals surface area contributed by atoms with E-state index in [1.54, 1.807) is 0 Å². The molecule has 1 aromatic heterocycles. The minimum absolute atomic E-state index is 0.872. The SMILES string of the molecule is CN=C(NCCCN1CCc2ccccc2C1)NCCn1cccc1. The van der Waals surface area contributed by atoms with E-state index < -0.39 is 0 Å². The van der Waals surface area contributed by atoms with Crippen molar-refractivity contribution in [2.24, 2.45) is 4.99 Å². The van der Waals surface area contributed by atoms with Crippen LogP contribution < -0.4 is 10.6 Å². The smallest absolute Gasteiger partial charge is 0.191 e. The Balaban J connectivity index is 1.31. The maximum Gasteiger partial charge on any atom is 0.191 e. The zero-order valence-electron chi connectivity index (χ0n) is 15.1. The lowest BCUT2D eigenvalue weighted by atomic mass is 10.00. The van der Waals surface area contributed by atoms with Crippen LogP contribution in [0, 0.1) is 0 Å². The third kappa shape index (κ3) is 5.36. The molecule has 2 N–H and O–H groups in total. The van der Waals surface area contributed by atoms with Crippen molar-refractivity contribution in [3.05, 3.63) is 59.9 Å². The predicted molar refractivity (Wildman–Crippen MR) is 104 cm³/mol. The Morgan fingerprint density at radius 3 is 2.56 bits per heavy atom. The maximum absolute atomic E-state index is 4.29.